The van der Waals surface area contributed by atoms with Crippen molar-refractivity contribution < 1.29 is 4.79 Å². The Labute approximate surface area is 148 Å². The molecule has 7 heteroatoms. The molecule has 2 aromatic rings. The van der Waals surface area contributed by atoms with Crippen molar-refractivity contribution in [3.05, 3.63) is 53.3 Å². The van der Waals surface area contributed by atoms with Crippen LogP contribution in [0.4, 0.5) is 0 Å². The minimum Gasteiger partial charge on any atom is -0.357 e. The predicted octanol–water partition coefficient (Wildman–Crippen LogP) is 1.43. The van der Waals surface area contributed by atoms with E-state index in [1.54, 1.807) is 6.20 Å². The van der Waals surface area contributed by atoms with Gasteiger partial charge >= 0.3 is 0 Å². The maximum atomic E-state index is 11.9. The normalized spacial score (nSPS) is 11.2. The highest BCUT2D eigenvalue weighted by molar-refractivity contribution is 5.94. The molecule has 1 amide bonds. The molecule has 0 saturated heterocycles. The molecule has 1 aromatic heterocycles. The first kappa shape index (κ1) is 18.5. The van der Waals surface area contributed by atoms with Crippen molar-refractivity contribution in [3.63, 3.8) is 0 Å². The molecule has 7 nitrogen and oxygen atoms in total. The van der Waals surface area contributed by atoms with Crippen molar-refractivity contribution in [1.82, 2.24) is 25.7 Å². The van der Waals surface area contributed by atoms with Crippen molar-refractivity contribution >= 4 is 11.9 Å². The quantitative estimate of drug-likeness (QED) is 0.525. The van der Waals surface area contributed by atoms with Crippen LogP contribution in [0.1, 0.15) is 35.5 Å². The number of hydrogen-bond acceptors (Lipinski definition) is 3. The third kappa shape index (κ3) is 5.63. The van der Waals surface area contributed by atoms with E-state index in [2.05, 4.69) is 26.0 Å². The number of nitrogens with one attached hydrogen (secondary N) is 3. The van der Waals surface area contributed by atoms with Gasteiger partial charge in [0.15, 0.2) is 5.96 Å². The highest BCUT2D eigenvalue weighted by Crippen LogP contribution is 2.07. The molecule has 0 radical (unpaired) electrons. The fourth-order valence-corrected chi connectivity index (χ4v) is 2.33. The summed E-state index contributed by atoms with van der Waals surface area (Å²) in [6.45, 7) is 6.45. The zero-order valence-corrected chi connectivity index (χ0v) is 15.0. The van der Waals surface area contributed by atoms with Gasteiger partial charge in [-0.15, -0.1) is 0 Å². The topological polar surface area (TPSA) is 83.3 Å². The summed E-state index contributed by atoms with van der Waals surface area (Å²) >= 11 is 0. The lowest BCUT2D eigenvalue weighted by Gasteiger charge is -2.11. The predicted molar refractivity (Wildman–Crippen MR) is 99.3 cm³/mol. The van der Waals surface area contributed by atoms with E-state index in [-0.39, 0.29) is 5.91 Å². The van der Waals surface area contributed by atoms with Crippen molar-refractivity contribution in [3.8, 4) is 0 Å². The molecule has 0 aliphatic rings. The number of rotatable bonds is 7. The number of aromatic nitrogens is 2. The first-order valence-electron chi connectivity index (χ1n) is 8.50. The summed E-state index contributed by atoms with van der Waals surface area (Å²) in [5, 5.41) is 13.5. The Morgan fingerprint density at radius 2 is 1.96 bits per heavy atom. The van der Waals surface area contributed by atoms with Crippen molar-refractivity contribution in [2.45, 2.75) is 26.9 Å². The Morgan fingerprint density at radius 1 is 1.16 bits per heavy atom. The van der Waals surface area contributed by atoms with Gasteiger partial charge in [-0.25, -0.2) is 4.99 Å². The molecule has 1 heterocycles. The van der Waals surface area contributed by atoms with Crippen LogP contribution >= 0.6 is 0 Å². The molecule has 0 spiro atoms. The summed E-state index contributed by atoms with van der Waals surface area (Å²) in [7, 11) is 1.91. The number of aryl methyl sites for hydroxylation is 1. The Balaban J connectivity index is 2.01. The molecule has 0 unspecified atom stereocenters. The highest BCUT2D eigenvalue weighted by atomic mass is 16.1. The number of carbonyl (C=O) groups excluding carboxylic acids is 1. The summed E-state index contributed by atoms with van der Waals surface area (Å²) in [5.41, 5.74) is 2.72. The van der Waals surface area contributed by atoms with Crippen molar-refractivity contribution in [2.24, 2.45) is 12.0 Å². The van der Waals surface area contributed by atoms with Gasteiger partial charge in [0.1, 0.15) is 0 Å². The zero-order chi connectivity index (χ0) is 18.1. The Morgan fingerprint density at radius 3 is 2.64 bits per heavy atom. The van der Waals surface area contributed by atoms with E-state index >= 15 is 0 Å². The Bertz CT molecular complexity index is 722. The third-order valence-electron chi connectivity index (χ3n) is 3.65. The molecule has 25 heavy (non-hydrogen) atoms. The molecule has 0 aliphatic carbocycles. The van der Waals surface area contributed by atoms with E-state index in [0.29, 0.717) is 25.2 Å². The first-order chi connectivity index (χ1) is 12.1. The standard InChI is InChI=1S/C18H26N6O/c1-4-19-17(25)15-8-6-7-14(11-15)12-21-18(20-5-2)22-13-16-9-10-23-24(16)3/h6-11H,4-5,12-13H2,1-3H3,(H,19,25)(H2,20,21,22). The van der Waals surface area contributed by atoms with Crippen LogP contribution in [0.25, 0.3) is 0 Å². The van der Waals surface area contributed by atoms with Gasteiger partial charge in [0, 0.05) is 31.9 Å². The summed E-state index contributed by atoms with van der Waals surface area (Å²) in [4.78, 5) is 16.5. The largest absolute Gasteiger partial charge is 0.357 e. The number of aliphatic imine (C=N–C) groups is 1. The molecular formula is C18H26N6O. The van der Waals surface area contributed by atoms with E-state index in [0.717, 1.165) is 23.8 Å². The molecule has 0 fully saturated rings. The smallest absolute Gasteiger partial charge is 0.251 e. The number of amides is 1. The van der Waals surface area contributed by atoms with Crippen LogP contribution in [0, 0.1) is 0 Å². The molecule has 0 aliphatic heterocycles. The fourth-order valence-electron chi connectivity index (χ4n) is 2.33. The van der Waals surface area contributed by atoms with Crippen LogP contribution in [0.15, 0.2) is 41.5 Å². The van der Waals surface area contributed by atoms with Crippen LogP contribution in [0.2, 0.25) is 0 Å². The molecule has 134 valence electrons. The van der Waals surface area contributed by atoms with Crippen LogP contribution in [-0.2, 0) is 20.1 Å². The van der Waals surface area contributed by atoms with Crippen molar-refractivity contribution in [1.29, 1.82) is 0 Å². The second-order valence-corrected chi connectivity index (χ2v) is 5.55. The summed E-state index contributed by atoms with van der Waals surface area (Å²) in [6, 6.07) is 9.50. The third-order valence-corrected chi connectivity index (χ3v) is 3.65. The first-order valence-corrected chi connectivity index (χ1v) is 8.50. The SMILES string of the molecule is CCNC(=O)c1cccc(CN=C(NCC)NCc2ccnn2C)c1. The molecule has 1 aromatic carbocycles. The molecule has 0 atom stereocenters. The number of nitrogens with zero attached hydrogens (tertiary/aromatic N) is 3. The lowest BCUT2D eigenvalue weighted by atomic mass is 10.1. The highest BCUT2D eigenvalue weighted by Gasteiger charge is 2.05. The zero-order valence-electron chi connectivity index (χ0n) is 15.0. The maximum Gasteiger partial charge on any atom is 0.251 e. The van der Waals surface area contributed by atoms with Gasteiger partial charge in [0.25, 0.3) is 5.91 Å². The monoisotopic (exact) mass is 342 g/mol. The lowest BCUT2D eigenvalue weighted by Crippen LogP contribution is -2.37. The average Bonchev–Trinajstić information content (AvgIpc) is 3.03. The Kier molecular flexibility index (Phi) is 7.00. The van der Waals surface area contributed by atoms with Crippen molar-refractivity contribution in [2.75, 3.05) is 13.1 Å². The number of benzene rings is 1. The molecule has 0 saturated carbocycles. The summed E-state index contributed by atoms with van der Waals surface area (Å²) < 4.78 is 1.83. The van der Waals surface area contributed by atoms with Gasteiger partial charge < -0.3 is 16.0 Å². The van der Waals surface area contributed by atoms with Crippen LogP contribution in [0.3, 0.4) is 0 Å². The van der Waals surface area contributed by atoms with Gasteiger partial charge in [-0.2, -0.15) is 5.10 Å². The lowest BCUT2D eigenvalue weighted by molar-refractivity contribution is 0.0955. The fraction of sp³-hybridized carbons (Fsp3) is 0.389. The number of guanidine groups is 1. The van der Waals surface area contributed by atoms with Gasteiger partial charge in [-0.05, 0) is 37.6 Å². The van der Waals surface area contributed by atoms with Gasteiger partial charge in [-0.3, -0.25) is 9.48 Å². The maximum absolute atomic E-state index is 11.9. The second-order valence-electron chi connectivity index (χ2n) is 5.55. The van der Waals surface area contributed by atoms with E-state index in [1.807, 2.05) is 55.9 Å². The van der Waals surface area contributed by atoms with Crippen LogP contribution in [0.5, 0.6) is 0 Å². The van der Waals surface area contributed by atoms with E-state index < -0.39 is 0 Å². The Hall–Kier alpha value is -2.83. The average molecular weight is 342 g/mol. The van der Waals surface area contributed by atoms with Gasteiger partial charge in [0.05, 0.1) is 18.8 Å². The number of hydrogen-bond donors (Lipinski definition) is 3. The summed E-state index contributed by atoms with van der Waals surface area (Å²) in [6.07, 6.45) is 1.77. The van der Waals surface area contributed by atoms with Crippen LogP contribution < -0.4 is 16.0 Å². The van der Waals surface area contributed by atoms with E-state index in [4.69, 9.17) is 0 Å². The minimum absolute atomic E-state index is 0.0606. The molecule has 2 rings (SSSR count). The van der Waals surface area contributed by atoms with Gasteiger partial charge in [-0.1, -0.05) is 12.1 Å². The van der Waals surface area contributed by atoms with E-state index in [9.17, 15) is 4.79 Å². The summed E-state index contributed by atoms with van der Waals surface area (Å²) in [5.74, 6) is 0.668. The molecule has 0 bridgehead atoms. The molecule has 3 N–H and O–H groups in total. The number of carbonyl (C=O) groups is 1. The second kappa shape index (κ2) is 9.46. The van der Waals surface area contributed by atoms with E-state index in [1.165, 1.54) is 0 Å². The van der Waals surface area contributed by atoms with Gasteiger partial charge in [0.2, 0.25) is 0 Å². The molecular weight excluding hydrogens is 316 g/mol. The minimum atomic E-state index is -0.0606. The van der Waals surface area contributed by atoms with Crippen LogP contribution in [-0.4, -0.2) is 34.7 Å².